The van der Waals surface area contributed by atoms with Gasteiger partial charge in [-0.1, -0.05) is 71.1 Å². The van der Waals surface area contributed by atoms with Crippen LogP contribution in [0.3, 0.4) is 0 Å². The highest BCUT2D eigenvalue weighted by Gasteiger charge is 2.33. The molecule has 1 aromatic heterocycles. The minimum absolute atomic E-state index is 0.209. The molecule has 1 aromatic rings. The number of hydrogen-bond acceptors (Lipinski definition) is 3. The lowest BCUT2D eigenvalue weighted by Gasteiger charge is -2.33. The molecule has 0 aliphatic rings. The lowest BCUT2D eigenvalue weighted by atomic mass is 9.82. The highest BCUT2D eigenvalue weighted by molar-refractivity contribution is 7.08. The zero-order valence-corrected chi connectivity index (χ0v) is 17.2. The number of ether oxygens (including phenoxy) is 1. The molecule has 0 aliphatic carbocycles. The van der Waals surface area contributed by atoms with Gasteiger partial charge in [0.25, 0.3) is 0 Å². The van der Waals surface area contributed by atoms with Gasteiger partial charge in [-0.05, 0) is 42.7 Å². The Morgan fingerprint density at radius 3 is 2.12 bits per heavy atom. The number of unbranched alkanes of at least 4 members (excludes halogenated alkanes) is 9. The molecule has 0 aliphatic heterocycles. The van der Waals surface area contributed by atoms with Crippen LogP contribution in [-0.4, -0.2) is 11.7 Å². The van der Waals surface area contributed by atoms with Crippen molar-refractivity contribution in [1.29, 1.82) is 0 Å². The molecule has 1 unspecified atom stereocenters. The van der Waals surface area contributed by atoms with E-state index in [4.69, 9.17) is 10.5 Å². The molecule has 4 heteroatoms. The van der Waals surface area contributed by atoms with Gasteiger partial charge in [-0.15, -0.1) is 0 Å². The highest BCUT2D eigenvalue weighted by Crippen LogP contribution is 2.36. The van der Waals surface area contributed by atoms with E-state index in [1.54, 1.807) is 11.3 Å². The minimum atomic E-state index is -0.687. The number of nitrogens with two attached hydrogens (primary N) is 1. The molecule has 0 spiro atoms. The highest BCUT2D eigenvalue weighted by atomic mass is 32.1. The Hall–Kier alpha value is -1.03. The van der Waals surface area contributed by atoms with Gasteiger partial charge in [-0.2, -0.15) is 11.3 Å². The molecule has 0 saturated carbocycles. The second-order valence-corrected chi connectivity index (χ2v) is 8.38. The van der Waals surface area contributed by atoms with Crippen LogP contribution in [0.25, 0.3) is 0 Å². The van der Waals surface area contributed by atoms with Gasteiger partial charge in [0.05, 0.1) is 0 Å². The predicted octanol–water partition coefficient (Wildman–Crippen LogP) is 7.02. The van der Waals surface area contributed by atoms with E-state index in [2.05, 4.69) is 23.8 Å². The maximum Gasteiger partial charge on any atom is 0.405 e. The first-order chi connectivity index (χ1) is 12.0. The van der Waals surface area contributed by atoms with Crippen LogP contribution in [0.15, 0.2) is 16.8 Å². The molecule has 3 nitrogen and oxygen atoms in total. The van der Waals surface area contributed by atoms with Gasteiger partial charge in [0, 0.05) is 5.92 Å². The Labute approximate surface area is 158 Å². The van der Waals surface area contributed by atoms with E-state index in [9.17, 15) is 4.79 Å². The van der Waals surface area contributed by atoms with Crippen molar-refractivity contribution in [3.8, 4) is 0 Å². The van der Waals surface area contributed by atoms with Crippen molar-refractivity contribution in [2.75, 3.05) is 0 Å². The number of carbonyl (C=O) groups is 1. The smallest absolute Gasteiger partial charge is 0.405 e. The summed E-state index contributed by atoms with van der Waals surface area (Å²) in [5.41, 5.74) is 5.96. The van der Waals surface area contributed by atoms with Crippen molar-refractivity contribution in [3.05, 3.63) is 22.4 Å². The number of primary amides is 1. The van der Waals surface area contributed by atoms with E-state index in [1.165, 1.54) is 69.8 Å². The molecular formula is C21H37NO2S. The van der Waals surface area contributed by atoms with E-state index in [0.717, 1.165) is 6.42 Å². The van der Waals surface area contributed by atoms with Crippen molar-refractivity contribution in [3.63, 3.8) is 0 Å². The van der Waals surface area contributed by atoms with Gasteiger partial charge in [0.1, 0.15) is 5.60 Å². The number of hydrogen-bond donors (Lipinski definition) is 1. The summed E-state index contributed by atoms with van der Waals surface area (Å²) in [6.07, 6.45) is 13.7. The van der Waals surface area contributed by atoms with E-state index in [-0.39, 0.29) is 5.92 Å². The van der Waals surface area contributed by atoms with Crippen LogP contribution in [0.2, 0.25) is 0 Å². The lowest BCUT2D eigenvalue weighted by Crippen LogP contribution is -2.37. The van der Waals surface area contributed by atoms with Crippen molar-refractivity contribution in [2.24, 2.45) is 5.73 Å². The third-order valence-corrected chi connectivity index (χ3v) is 5.70. The molecule has 144 valence electrons. The molecule has 0 fully saturated rings. The van der Waals surface area contributed by atoms with Crippen LogP contribution in [-0.2, 0) is 4.74 Å². The van der Waals surface area contributed by atoms with Crippen LogP contribution >= 0.6 is 11.3 Å². The molecule has 0 radical (unpaired) electrons. The Balaban J connectivity index is 2.29. The third-order valence-electron chi connectivity index (χ3n) is 4.99. The predicted molar refractivity (Wildman–Crippen MR) is 108 cm³/mol. The summed E-state index contributed by atoms with van der Waals surface area (Å²) in [6, 6.07) is 2.14. The van der Waals surface area contributed by atoms with E-state index in [0.29, 0.717) is 0 Å². The second-order valence-electron chi connectivity index (χ2n) is 7.60. The molecule has 1 rings (SSSR count). The summed E-state index contributed by atoms with van der Waals surface area (Å²) in [5, 5.41) is 4.24. The molecule has 0 bridgehead atoms. The van der Waals surface area contributed by atoms with Crippen LogP contribution in [0.4, 0.5) is 4.79 Å². The topological polar surface area (TPSA) is 52.3 Å². The van der Waals surface area contributed by atoms with Crippen molar-refractivity contribution >= 4 is 17.4 Å². The Morgan fingerprint density at radius 1 is 1.08 bits per heavy atom. The van der Waals surface area contributed by atoms with Gasteiger partial charge in [0.2, 0.25) is 0 Å². The summed E-state index contributed by atoms with van der Waals surface area (Å²) < 4.78 is 5.41. The van der Waals surface area contributed by atoms with E-state index >= 15 is 0 Å². The maximum absolute atomic E-state index is 11.2. The average Bonchev–Trinajstić information content (AvgIpc) is 3.05. The van der Waals surface area contributed by atoms with Crippen molar-refractivity contribution < 1.29 is 9.53 Å². The van der Waals surface area contributed by atoms with Gasteiger partial charge in [-0.3, -0.25) is 0 Å². The summed E-state index contributed by atoms with van der Waals surface area (Å²) in [5.74, 6) is 0.209. The monoisotopic (exact) mass is 367 g/mol. The Bertz CT molecular complexity index is 456. The largest absolute Gasteiger partial charge is 0.443 e. The van der Waals surface area contributed by atoms with Crippen molar-refractivity contribution in [2.45, 2.75) is 103 Å². The summed E-state index contributed by atoms with van der Waals surface area (Å²) in [7, 11) is 0. The molecule has 1 amide bonds. The number of amides is 1. The van der Waals surface area contributed by atoms with Gasteiger partial charge in [0.15, 0.2) is 0 Å². The molecule has 2 N–H and O–H groups in total. The fraction of sp³-hybridized carbons (Fsp3) is 0.762. The fourth-order valence-electron chi connectivity index (χ4n) is 3.56. The normalized spacial score (nSPS) is 12.9. The van der Waals surface area contributed by atoms with Crippen LogP contribution in [0.1, 0.15) is 103 Å². The third kappa shape index (κ3) is 9.29. The first kappa shape index (κ1) is 22.0. The van der Waals surface area contributed by atoms with Crippen LogP contribution in [0, 0.1) is 0 Å². The van der Waals surface area contributed by atoms with E-state index < -0.39 is 11.7 Å². The molecular weight excluding hydrogens is 330 g/mol. The molecule has 1 heterocycles. The standard InChI is InChI=1S/C21H37NO2S/c1-4-5-6-7-8-9-10-11-12-13-14-19(18-15-16-25-17-18)21(2,3)24-20(22)23/h15-17,19H,4-14H2,1-3H3,(H2,22,23). The molecule has 25 heavy (non-hydrogen) atoms. The molecule has 1 atom stereocenters. The van der Waals surface area contributed by atoms with Crippen molar-refractivity contribution in [1.82, 2.24) is 0 Å². The quantitative estimate of drug-likeness (QED) is 0.359. The lowest BCUT2D eigenvalue weighted by molar-refractivity contribution is 0.0209. The Morgan fingerprint density at radius 2 is 1.64 bits per heavy atom. The zero-order chi connectivity index (χ0) is 18.5. The summed E-state index contributed by atoms with van der Waals surface area (Å²) >= 11 is 1.69. The fourth-order valence-corrected chi connectivity index (χ4v) is 4.27. The van der Waals surface area contributed by atoms with Gasteiger partial charge in [-0.25, -0.2) is 4.79 Å². The molecule has 0 aromatic carbocycles. The summed E-state index contributed by atoms with van der Waals surface area (Å²) in [4.78, 5) is 11.2. The Kier molecular flexibility index (Phi) is 10.9. The zero-order valence-electron chi connectivity index (χ0n) is 16.4. The average molecular weight is 368 g/mol. The number of carbonyl (C=O) groups excluding carboxylic acids is 1. The summed E-state index contributed by atoms with van der Waals surface area (Å²) in [6.45, 7) is 6.20. The van der Waals surface area contributed by atoms with Crippen LogP contribution < -0.4 is 5.73 Å². The first-order valence-corrected chi connectivity index (χ1v) is 10.9. The number of rotatable bonds is 14. The minimum Gasteiger partial charge on any atom is -0.443 e. The number of thiophene rings is 1. The van der Waals surface area contributed by atoms with Gasteiger partial charge >= 0.3 is 6.09 Å². The van der Waals surface area contributed by atoms with Crippen LogP contribution in [0.5, 0.6) is 0 Å². The molecule has 0 saturated heterocycles. The van der Waals surface area contributed by atoms with E-state index in [1.807, 2.05) is 13.8 Å². The van der Waals surface area contributed by atoms with Gasteiger partial charge < -0.3 is 10.5 Å². The first-order valence-electron chi connectivity index (χ1n) is 9.98. The maximum atomic E-state index is 11.2. The SMILES string of the molecule is CCCCCCCCCCCCC(c1ccsc1)C(C)(C)OC(N)=O. The second kappa shape index (κ2) is 12.3.